The number of carboxylic acid groups (broad SMARTS) is 1. The number of aromatic nitrogens is 1. The molecule has 0 spiro atoms. The smallest absolute Gasteiger partial charge is 0.321 e. The fourth-order valence-electron chi connectivity index (χ4n) is 2.31. The van der Waals surface area contributed by atoms with Crippen LogP contribution in [0.1, 0.15) is 30.9 Å². The van der Waals surface area contributed by atoms with E-state index in [2.05, 4.69) is 4.98 Å². The largest absolute Gasteiger partial charge is 0.480 e. The third kappa shape index (κ3) is 4.43. The maximum Gasteiger partial charge on any atom is 0.321 e. The highest BCUT2D eigenvalue weighted by atomic mass is 35.5. The zero-order chi connectivity index (χ0) is 17.0. The molecule has 0 unspecified atom stereocenters. The highest BCUT2D eigenvalue weighted by Gasteiger charge is 2.27. The molecule has 5 nitrogen and oxygen atoms in total. The normalized spacial score (nSPS) is 13.6. The van der Waals surface area contributed by atoms with E-state index >= 15 is 0 Å². The Balaban J connectivity index is 2.37. The second-order valence-corrected chi connectivity index (χ2v) is 5.93. The first kappa shape index (κ1) is 17.2. The monoisotopic (exact) mass is 334 g/mol. The summed E-state index contributed by atoms with van der Waals surface area (Å²) in [6.07, 6.45) is 1.61. The second kappa shape index (κ2) is 7.44. The van der Waals surface area contributed by atoms with Crippen LogP contribution >= 0.6 is 11.6 Å². The van der Waals surface area contributed by atoms with Gasteiger partial charge in [0.25, 0.3) is 0 Å². The summed E-state index contributed by atoms with van der Waals surface area (Å²) in [4.78, 5) is 15.6. The number of hydrogen-bond donors (Lipinski definition) is 2. The number of carboxylic acids is 1. The summed E-state index contributed by atoms with van der Waals surface area (Å²) in [6, 6.07) is 9.38. The van der Waals surface area contributed by atoms with E-state index in [4.69, 9.17) is 22.1 Å². The van der Waals surface area contributed by atoms with Crippen molar-refractivity contribution in [1.29, 1.82) is 0 Å². The standard InChI is InChI=1S/C17H19ClN2O3/c1-10(2)23-14-8-5-12(9-20-14)15(16(19)17(21)22)11-3-6-13(18)7-4-11/h3-10,15-16H,19H2,1-2H3,(H,21,22)/t15-,16-/m0/s1. The first-order valence-electron chi connectivity index (χ1n) is 7.25. The predicted octanol–water partition coefficient (Wildman–Crippen LogP) is 3.07. The second-order valence-electron chi connectivity index (χ2n) is 5.49. The number of benzene rings is 1. The molecule has 1 aromatic heterocycles. The number of rotatable bonds is 6. The molecule has 0 bridgehead atoms. The summed E-state index contributed by atoms with van der Waals surface area (Å²) < 4.78 is 5.50. The third-order valence-electron chi connectivity index (χ3n) is 3.35. The van der Waals surface area contributed by atoms with Crippen molar-refractivity contribution in [2.45, 2.75) is 31.9 Å². The number of hydrogen-bond acceptors (Lipinski definition) is 4. The minimum atomic E-state index is -1.09. The molecule has 0 aliphatic heterocycles. The van der Waals surface area contributed by atoms with Crippen LogP contribution in [0.5, 0.6) is 5.88 Å². The van der Waals surface area contributed by atoms with Gasteiger partial charge in [0.2, 0.25) is 5.88 Å². The Kier molecular flexibility index (Phi) is 5.58. The maximum absolute atomic E-state index is 11.4. The van der Waals surface area contributed by atoms with Crippen molar-refractivity contribution < 1.29 is 14.6 Å². The van der Waals surface area contributed by atoms with Crippen molar-refractivity contribution in [3.8, 4) is 5.88 Å². The van der Waals surface area contributed by atoms with Crippen molar-refractivity contribution in [3.63, 3.8) is 0 Å². The first-order chi connectivity index (χ1) is 10.9. The molecule has 0 radical (unpaired) electrons. The average molecular weight is 335 g/mol. The van der Waals surface area contributed by atoms with Gasteiger partial charge in [-0.2, -0.15) is 0 Å². The summed E-state index contributed by atoms with van der Waals surface area (Å²) in [5, 5.41) is 9.89. The van der Waals surface area contributed by atoms with E-state index in [0.29, 0.717) is 16.5 Å². The van der Waals surface area contributed by atoms with Gasteiger partial charge in [-0.15, -0.1) is 0 Å². The first-order valence-corrected chi connectivity index (χ1v) is 7.62. The summed E-state index contributed by atoms with van der Waals surface area (Å²) >= 11 is 5.90. The Labute approximate surface area is 140 Å². The van der Waals surface area contributed by atoms with Crippen molar-refractivity contribution in [1.82, 2.24) is 4.98 Å². The molecule has 2 rings (SSSR count). The van der Waals surface area contributed by atoms with Crippen molar-refractivity contribution in [3.05, 3.63) is 58.7 Å². The molecule has 0 amide bonds. The lowest BCUT2D eigenvalue weighted by molar-refractivity contribution is -0.138. The van der Waals surface area contributed by atoms with E-state index in [1.165, 1.54) is 0 Å². The zero-order valence-corrected chi connectivity index (χ0v) is 13.7. The molecule has 1 aromatic carbocycles. The number of nitrogens with zero attached hydrogens (tertiary/aromatic N) is 1. The van der Waals surface area contributed by atoms with Gasteiger partial charge in [-0.3, -0.25) is 4.79 Å². The molecule has 0 fully saturated rings. The van der Waals surface area contributed by atoms with Crippen LogP contribution in [0.2, 0.25) is 5.02 Å². The molecule has 0 aliphatic rings. The van der Waals surface area contributed by atoms with Crippen molar-refractivity contribution in [2.75, 3.05) is 0 Å². The fraction of sp³-hybridized carbons (Fsp3) is 0.294. The van der Waals surface area contributed by atoms with E-state index in [9.17, 15) is 9.90 Å². The van der Waals surface area contributed by atoms with Gasteiger partial charge in [0, 0.05) is 23.2 Å². The Morgan fingerprint density at radius 3 is 2.26 bits per heavy atom. The topological polar surface area (TPSA) is 85.4 Å². The van der Waals surface area contributed by atoms with E-state index in [0.717, 1.165) is 5.56 Å². The molecule has 122 valence electrons. The molecular weight excluding hydrogens is 316 g/mol. The van der Waals surface area contributed by atoms with Crippen LogP contribution in [0.3, 0.4) is 0 Å². The Morgan fingerprint density at radius 2 is 1.78 bits per heavy atom. The lowest BCUT2D eigenvalue weighted by Gasteiger charge is -2.22. The molecule has 2 aromatic rings. The van der Waals surface area contributed by atoms with Gasteiger partial charge in [0.15, 0.2) is 0 Å². The number of carbonyl (C=O) groups is 1. The maximum atomic E-state index is 11.4. The minimum Gasteiger partial charge on any atom is -0.480 e. The lowest BCUT2D eigenvalue weighted by Crippen LogP contribution is -2.37. The van der Waals surface area contributed by atoms with Crippen LogP contribution in [0.25, 0.3) is 0 Å². The molecule has 0 saturated carbocycles. The predicted molar refractivity (Wildman–Crippen MR) is 88.9 cm³/mol. The average Bonchev–Trinajstić information content (AvgIpc) is 2.50. The number of halogens is 1. The SMILES string of the molecule is CC(C)Oc1ccc([C@H](c2ccc(Cl)cc2)[C@H](N)C(=O)O)cn1. The van der Waals surface area contributed by atoms with Crippen LogP contribution in [0.4, 0.5) is 0 Å². The highest BCUT2D eigenvalue weighted by Crippen LogP contribution is 2.29. The van der Waals surface area contributed by atoms with Gasteiger partial charge >= 0.3 is 5.97 Å². The van der Waals surface area contributed by atoms with E-state index in [1.807, 2.05) is 13.8 Å². The highest BCUT2D eigenvalue weighted by molar-refractivity contribution is 6.30. The lowest BCUT2D eigenvalue weighted by atomic mass is 9.86. The third-order valence-corrected chi connectivity index (χ3v) is 3.60. The molecule has 0 saturated heterocycles. The number of ether oxygens (including phenoxy) is 1. The van der Waals surface area contributed by atoms with Crippen LogP contribution in [0.15, 0.2) is 42.6 Å². The Hall–Kier alpha value is -2.11. The summed E-state index contributed by atoms with van der Waals surface area (Å²) in [5.74, 6) is -1.11. The van der Waals surface area contributed by atoms with Crippen LogP contribution in [0, 0.1) is 0 Å². The van der Waals surface area contributed by atoms with Gasteiger partial charge < -0.3 is 15.6 Å². The summed E-state index contributed by atoms with van der Waals surface area (Å²) in [7, 11) is 0. The van der Waals surface area contributed by atoms with Gasteiger partial charge in [-0.05, 0) is 37.1 Å². The number of pyridine rings is 1. The molecule has 2 atom stereocenters. The molecule has 3 N–H and O–H groups in total. The number of aliphatic carboxylic acids is 1. The van der Waals surface area contributed by atoms with E-state index in [-0.39, 0.29) is 6.10 Å². The van der Waals surface area contributed by atoms with Gasteiger partial charge in [0.1, 0.15) is 6.04 Å². The fourth-order valence-corrected chi connectivity index (χ4v) is 2.43. The van der Waals surface area contributed by atoms with E-state index in [1.54, 1.807) is 42.6 Å². The molecule has 1 heterocycles. The minimum absolute atomic E-state index is 0.0155. The number of nitrogens with two attached hydrogens (primary N) is 1. The van der Waals surface area contributed by atoms with E-state index < -0.39 is 17.9 Å². The van der Waals surface area contributed by atoms with Crippen molar-refractivity contribution >= 4 is 17.6 Å². The summed E-state index contributed by atoms with van der Waals surface area (Å²) in [6.45, 7) is 3.82. The Morgan fingerprint density at radius 1 is 1.17 bits per heavy atom. The molecule has 6 heteroatoms. The molecular formula is C17H19ClN2O3. The Bertz CT molecular complexity index is 657. The molecule has 23 heavy (non-hydrogen) atoms. The zero-order valence-electron chi connectivity index (χ0n) is 12.9. The molecule has 0 aliphatic carbocycles. The van der Waals surface area contributed by atoms with Gasteiger partial charge in [0.05, 0.1) is 6.10 Å². The van der Waals surface area contributed by atoms with Gasteiger partial charge in [-0.1, -0.05) is 29.8 Å². The summed E-state index contributed by atoms with van der Waals surface area (Å²) in [5.41, 5.74) is 7.36. The van der Waals surface area contributed by atoms with Crippen molar-refractivity contribution in [2.24, 2.45) is 5.73 Å². The van der Waals surface area contributed by atoms with Crippen LogP contribution in [-0.2, 0) is 4.79 Å². The van der Waals surface area contributed by atoms with Gasteiger partial charge in [-0.25, -0.2) is 4.98 Å². The quantitative estimate of drug-likeness (QED) is 0.848. The van der Waals surface area contributed by atoms with Crippen LogP contribution < -0.4 is 10.5 Å². The van der Waals surface area contributed by atoms with Crippen LogP contribution in [-0.4, -0.2) is 28.2 Å².